The third kappa shape index (κ3) is 3.30. The van der Waals surface area contributed by atoms with Crippen LogP contribution in [-0.4, -0.2) is 12.1 Å². The summed E-state index contributed by atoms with van der Waals surface area (Å²) >= 11 is 1.61. The number of thiazole rings is 1. The van der Waals surface area contributed by atoms with Gasteiger partial charge in [-0.05, 0) is 26.0 Å². The number of hydrogen-bond acceptors (Lipinski definition) is 4. The summed E-state index contributed by atoms with van der Waals surface area (Å²) in [6.07, 6.45) is 0. The molecule has 2 aromatic rings. The highest BCUT2D eigenvalue weighted by atomic mass is 32.1. The van der Waals surface area contributed by atoms with Crippen molar-refractivity contribution in [1.82, 2.24) is 10.3 Å². The van der Waals surface area contributed by atoms with Crippen molar-refractivity contribution >= 4 is 11.3 Å². The van der Waals surface area contributed by atoms with Gasteiger partial charge in [-0.2, -0.15) is 0 Å². The highest BCUT2D eigenvalue weighted by molar-refractivity contribution is 7.09. The lowest BCUT2D eigenvalue weighted by Crippen LogP contribution is -2.20. The Balaban J connectivity index is 2.09. The zero-order valence-electron chi connectivity index (χ0n) is 11.2. The second-order valence-corrected chi connectivity index (χ2v) is 5.38. The first-order valence-electron chi connectivity index (χ1n) is 6.08. The fourth-order valence-electron chi connectivity index (χ4n) is 1.96. The summed E-state index contributed by atoms with van der Waals surface area (Å²) in [6, 6.07) is 4.72. The van der Waals surface area contributed by atoms with Crippen LogP contribution in [0.3, 0.4) is 0 Å². The summed E-state index contributed by atoms with van der Waals surface area (Å²) in [5.74, 6) is 0.309. The van der Waals surface area contributed by atoms with Crippen LogP contribution in [0, 0.1) is 12.7 Å². The molecule has 1 atom stereocenters. The summed E-state index contributed by atoms with van der Waals surface area (Å²) in [6.45, 7) is 4.50. The molecule has 5 heteroatoms. The first-order valence-corrected chi connectivity index (χ1v) is 6.96. The van der Waals surface area contributed by atoms with Crippen LogP contribution in [0.15, 0.2) is 23.6 Å². The molecule has 0 saturated carbocycles. The Hall–Kier alpha value is -1.46. The van der Waals surface area contributed by atoms with Crippen LogP contribution >= 0.6 is 11.3 Å². The molecule has 0 aliphatic rings. The van der Waals surface area contributed by atoms with Crippen LogP contribution in [0.4, 0.5) is 4.39 Å². The van der Waals surface area contributed by atoms with E-state index < -0.39 is 0 Å². The maximum Gasteiger partial charge on any atom is 0.131 e. The highest BCUT2D eigenvalue weighted by Gasteiger charge is 2.16. The maximum absolute atomic E-state index is 13.9. The smallest absolute Gasteiger partial charge is 0.131 e. The van der Waals surface area contributed by atoms with E-state index in [1.165, 1.54) is 6.07 Å². The van der Waals surface area contributed by atoms with Crippen molar-refractivity contribution in [2.75, 3.05) is 7.11 Å². The molecule has 3 nitrogen and oxygen atoms in total. The van der Waals surface area contributed by atoms with Crippen molar-refractivity contribution in [1.29, 1.82) is 0 Å². The molecule has 1 aromatic carbocycles. The number of rotatable bonds is 5. The van der Waals surface area contributed by atoms with Gasteiger partial charge >= 0.3 is 0 Å². The summed E-state index contributed by atoms with van der Waals surface area (Å²) in [4.78, 5) is 4.37. The quantitative estimate of drug-likeness (QED) is 0.911. The number of nitrogens with one attached hydrogen (secondary N) is 1. The van der Waals surface area contributed by atoms with Gasteiger partial charge < -0.3 is 10.1 Å². The van der Waals surface area contributed by atoms with Gasteiger partial charge in [-0.1, -0.05) is 6.07 Å². The molecule has 0 amide bonds. The first-order chi connectivity index (χ1) is 9.11. The zero-order valence-corrected chi connectivity index (χ0v) is 12.1. The molecule has 1 unspecified atom stereocenters. The Bertz CT molecular complexity index is 556. The average Bonchev–Trinajstić information content (AvgIpc) is 2.81. The van der Waals surface area contributed by atoms with Gasteiger partial charge in [0.05, 0.1) is 17.8 Å². The molecular formula is C14H17FN2OS. The molecule has 0 spiro atoms. The van der Waals surface area contributed by atoms with Gasteiger partial charge in [0.15, 0.2) is 0 Å². The molecule has 1 heterocycles. The van der Waals surface area contributed by atoms with E-state index in [0.29, 0.717) is 17.9 Å². The van der Waals surface area contributed by atoms with E-state index in [4.69, 9.17) is 4.74 Å². The number of aromatic nitrogens is 1. The Morgan fingerprint density at radius 3 is 2.89 bits per heavy atom. The lowest BCUT2D eigenvalue weighted by molar-refractivity contribution is 0.393. The molecule has 0 radical (unpaired) electrons. The monoisotopic (exact) mass is 280 g/mol. The SMILES string of the molecule is COc1cccc(F)c1C(C)NCc1csc(C)n1. The van der Waals surface area contributed by atoms with Gasteiger partial charge in [-0.3, -0.25) is 0 Å². The minimum atomic E-state index is -0.256. The number of halogens is 1. The van der Waals surface area contributed by atoms with Crippen LogP contribution in [0.2, 0.25) is 0 Å². The van der Waals surface area contributed by atoms with Crippen molar-refractivity contribution < 1.29 is 9.13 Å². The van der Waals surface area contributed by atoms with Gasteiger partial charge in [0.2, 0.25) is 0 Å². The molecule has 1 aromatic heterocycles. The first kappa shape index (κ1) is 14.0. The van der Waals surface area contributed by atoms with E-state index in [1.807, 2.05) is 19.2 Å². The van der Waals surface area contributed by atoms with Crippen LogP contribution in [0.1, 0.15) is 29.2 Å². The zero-order chi connectivity index (χ0) is 13.8. The number of hydrogen-bond donors (Lipinski definition) is 1. The summed E-state index contributed by atoms with van der Waals surface area (Å²) in [7, 11) is 1.55. The van der Waals surface area contributed by atoms with Crippen molar-refractivity contribution in [3.05, 3.63) is 45.7 Å². The molecule has 2 rings (SSSR count). The van der Waals surface area contributed by atoms with Gasteiger partial charge in [-0.15, -0.1) is 11.3 Å². The molecule has 0 saturated heterocycles. The number of aryl methyl sites for hydroxylation is 1. The lowest BCUT2D eigenvalue weighted by atomic mass is 10.1. The molecule has 19 heavy (non-hydrogen) atoms. The minimum Gasteiger partial charge on any atom is -0.496 e. The largest absolute Gasteiger partial charge is 0.496 e. The van der Waals surface area contributed by atoms with E-state index in [0.717, 1.165) is 10.7 Å². The minimum absolute atomic E-state index is 0.141. The van der Waals surface area contributed by atoms with Crippen LogP contribution in [0.25, 0.3) is 0 Å². The number of methoxy groups -OCH3 is 1. The lowest BCUT2D eigenvalue weighted by Gasteiger charge is -2.17. The van der Waals surface area contributed by atoms with Crippen molar-refractivity contribution in [2.24, 2.45) is 0 Å². The molecular weight excluding hydrogens is 263 g/mol. The standard InChI is InChI=1S/C14H17FN2OS/c1-9(16-7-11-8-19-10(2)17-11)14-12(15)5-4-6-13(14)18-3/h4-6,8-9,16H,7H2,1-3H3. The second-order valence-electron chi connectivity index (χ2n) is 4.32. The molecule has 1 N–H and O–H groups in total. The highest BCUT2D eigenvalue weighted by Crippen LogP contribution is 2.27. The Morgan fingerprint density at radius 2 is 2.26 bits per heavy atom. The third-order valence-electron chi connectivity index (χ3n) is 2.92. The average molecular weight is 280 g/mol. The van der Waals surface area contributed by atoms with Crippen LogP contribution < -0.4 is 10.1 Å². The molecule has 0 aliphatic carbocycles. The van der Waals surface area contributed by atoms with E-state index in [-0.39, 0.29) is 11.9 Å². The topological polar surface area (TPSA) is 34.1 Å². The normalized spacial score (nSPS) is 12.4. The van der Waals surface area contributed by atoms with Crippen LogP contribution in [0.5, 0.6) is 5.75 Å². The predicted octanol–water partition coefficient (Wildman–Crippen LogP) is 3.45. The third-order valence-corrected chi connectivity index (χ3v) is 3.74. The van der Waals surface area contributed by atoms with Gasteiger partial charge in [0.25, 0.3) is 0 Å². The molecule has 0 aliphatic heterocycles. The summed E-state index contributed by atoms with van der Waals surface area (Å²) < 4.78 is 19.1. The van der Waals surface area contributed by atoms with Crippen molar-refractivity contribution in [3.8, 4) is 5.75 Å². The van der Waals surface area contributed by atoms with E-state index in [2.05, 4.69) is 10.3 Å². The van der Waals surface area contributed by atoms with E-state index >= 15 is 0 Å². The second kappa shape index (κ2) is 6.12. The number of benzene rings is 1. The molecule has 102 valence electrons. The number of ether oxygens (including phenoxy) is 1. The predicted molar refractivity (Wildman–Crippen MR) is 75.1 cm³/mol. The van der Waals surface area contributed by atoms with E-state index in [1.54, 1.807) is 30.6 Å². The summed E-state index contributed by atoms with van der Waals surface area (Å²) in [5, 5.41) is 6.31. The summed E-state index contributed by atoms with van der Waals surface area (Å²) in [5.41, 5.74) is 1.53. The van der Waals surface area contributed by atoms with E-state index in [9.17, 15) is 4.39 Å². The Kier molecular flexibility index (Phi) is 4.50. The molecule has 0 bridgehead atoms. The Morgan fingerprint density at radius 1 is 1.47 bits per heavy atom. The fourth-order valence-corrected chi connectivity index (χ4v) is 2.58. The maximum atomic E-state index is 13.9. The van der Waals surface area contributed by atoms with Crippen LogP contribution in [-0.2, 0) is 6.54 Å². The fraction of sp³-hybridized carbons (Fsp3) is 0.357. The van der Waals surface area contributed by atoms with Gasteiger partial charge in [-0.25, -0.2) is 9.37 Å². The van der Waals surface area contributed by atoms with Crippen molar-refractivity contribution in [3.63, 3.8) is 0 Å². The van der Waals surface area contributed by atoms with Gasteiger partial charge in [0, 0.05) is 23.5 Å². The molecule has 0 fully saturated rings. The van der Waals surface area contributed by atoms with Crippen molar-refractivity contribution in [2.45, 2.75) is 26.4 Å². The van der Waals surface area contributed by atoms with Gasteiger partial charge in [0.1, 0.15) is 11.6 Å². The number of nitrogens with zero attached hydrogens (tertiary/aromatic N) is 1. The Labute approximate surface area is 116 Å².